The second kappa shape index (κ2) is 10.9. The van der Waals surface area contributed by atoms with Crippen LogP contribution in [0.4, 0.5) is 5.69 Å². The summed E-state index contributed by atoms with van der Waals surface area (Å²) in [5.41, 5.74) is 3.37. The zero-order valence-electron chi connectivity index (χ0n) is 22.6. The van der Waals surface area contributed by atoms with Gasteiger partial charge in [0.2, 0.25) is 5.91 Å². The van der Waals surface area contributed by atoms with Gasteiger partial charge in [-0.1, -0.05) is 35.1 Å². The van der Waals surface area contributed by atoms with E-state index in [0.29, 0.717) is 43.0 Å². The van der Waals surface area contributed by atoms with Gasteiger partial charge in [0.15, 0.2) is 11.6 Å². The van der Waals surface area contributed by atoms with Crippen molar-refractivity contribution in [3.8, 4) is 11.5 Å². The minimum absolute atomic E-state index is 0.0169. The fourth-order valence-corrected chi connectivity index (χ4v) is 5.06. The molecule has 1 aromatic carbocycles. The van der Waals surface area contributed by atoms with Gasteiger partial charge in [-0.25, -0.2) is 0 Å². The number of carbonyl (C=O) groups is 1. The van der Waals surface area contributed by atoms with Gasteiger partial charge in [-0.05, 0) is 89.7 Å². The Kier molecular flexibility index (Phi) is 7.16. The van der Waals surface area contributed by atoms with Crippen LogP contribution in [-0.2, 0) is 4.79 Å². The molecule has 6 rings (SSSR count). The third-order valence-corrected chi connectivity index (χ3v) is 7.97. The van der Waals surface area contributed by atoms with Gasteiger partial charge in [-0.15, -0.1) is 0 Å². The van der Waals surface area contributed by atoms with Crippen LogP contribution in [0.5, 0.6) is 0 Å². The lowest BCUT2D eigenvalue weighted by molar-refractivity contribution is -0.123. The van der Waals surface area contributed by atoms with E-state index >= 15 is 0 Å². The summed E-state index contributed by atoms with van der Waals surface area (Å²) in [5, 5.41) is 8.26. The van der Waals surface area contributed by atoms with E-state index in [4.69, 9.17) is 9.05 Å². The van der Waals surface area contributed by atoms with Gasteiger partial charge < -0.3 is 18.8 Å². The molecule has 0 unspecified atom stereocenters. The average Bonchev–Trinajstić information content (AvgIpc) is 3.89. The lowest BCUT2D eigenvalue weighted by atomic mass is 9.94. The van der Waals surface area contributed by atoms with Gasteiger partial charge in [0.1, 0.15) is 0 Å². The largest absolute Gasteiger partial charge is 0.334 e. The first kappa shape index (κ1) is 25.7. The zero-order valence-corrected chi connectivity index (χ0v) is 22.6. The molecule has 3 fully saturated rings. The summed E-state index contributed by atoms with van der Waals surface area (Å²) >= 11 is 0. The summed E-state index contributed by atoms with van der Waals surface area (Å²) in [6.07, 6.45) is 7.49. The third-order valence-electron chi connectivity index (χ3n) is 7.97. The number of likely N-dealkylation sites (tertiary alicyclic amines) is 1. The quantitative estimate of drug-likeness (QED) is 0.297. The Morgan fingerprint density at radius 3 is 2.38 bits per heavy atom. The minimum atomic E-state index is -0.0169. The molecule has 2 saturated carbocycles. The third kappa shape index (κ3) is 6.03. The number of hydrogen-bond donors (Lipinski definition) is 0. The summed E-state index contributed by atoms with van der Waals surface area (Å²) in [5.74, 6) is 3.52. The molecule has 0 spiro atoms. The molecule has 3 aromatic rings. The van der Waals surface area contributed by atoms with Gasteiger partial charge >= 0.3 is 0 Å². The first-order chi connectivity index (χ1) is 18.9. The van der Waals surface area contributed by atoms with E-state index in [1.165, 1.54) is 0 Å². The van der Waals surface area contributed by atoms with E-state index in [0.717, 1.165) is 85.7 Å². The number of aromatic nitrogens is 4. The summed E-state index contributed by atoms with van der Waals surface area (Å²) in [7, 11) is 2.11. The van der Waals surface area contributed by atoms with Crippen LogP contribution >= 0.6 is 0 Å². The molecule has 1 saturated heterocycles. The molecule has 0 atom stereocenters. The maximum Gasteiger partial charge on any atom is 0.258 e. The molecule has 9 heteroatoms. The first-order valence-corrected chi connectivity index (χ1v) is 14.1. The SMILES string of the molecule is C=C(CCC(=C)c1nc(C2CC2)no1)CN(C(=O)C1CCN(C)CC1)c1cccc(-c2nc(C3CC3)no2)c1. The normalized spacial score (nSPS) is 18.3. The number of hydrogen-bond acceptors (Lipinski definition) is 8. The van der Waals surface area contributed by atoms with Crippen molar-refractivity contribution in [3.05, 3.63) is 60.5 Å². The highest BCUT2D eigenvalue weighted by atomic mass is 16.5. The van der Waals surface area contributed by atoms with E-state index in [-0.39, 0.29) is 11.8 Å². The topological polar surface area (TPSA) is 101 Å². The fourth-order valence-electron chi connectivity index (χ4n) is 5.06. The molecular formula is C30H36N6O3. The van der Waals surface area contributed by atoms with E-state index < -0.39 is 0 Å². The van der Waals surface area contributed by atoms with E-state index in [1.807, 2.05) is 29.2 Å². The first-order valence-electron chi connectivity index (χ1n) is 14.1. The van der Waals surface area contributed by atoms with Gasteiger partial charge in [0, 0.05) is 41.1 Å². The Labute approximate surface area is 228 Å². The van der Waals surface area contributed by atoms with Crippen LogP contribution in [0.2, 0.25) is 0 Å². The van der Waals surface area contributed by atoms with Crippen molar-refractivity contribution >= 4 is 17.2 Å². The van der Waals surface area contributed by atoms with E-state index in [2.05, 4.69) is 45.4 Å². The van der Waals surface area contributed by atoms with Crippen molar-refractivity contribution in [1.82, 2.24) is 25.2 Å². The van der Waals surface area contributed by atoms with Gasteiger partial charge in [0.25, 0.3) is 11.8 Å². The average molecular weight is 529 g/mol. The number of amides is 1. The molecule has 3 aliphatic rings. The molecule has 39 heavy (non-hydrogen) atoms. The highest BCUT2D eigenvalue weighted by Gasteiger charge is 2.31. The van der Waals surface area contributed by atoms with Crippen LogP contribution in [-0.4, -0.2) is 57.8 Å². The monoisotopic (exact) mass is 528 g/mol. The molecule has 0 bridgehead atoms. The van der Waals surface area contributed by atoms with E-state index in [9.17, 15) is 4.79 Å². The predicted molar refractivity (Wildman–Crippen MR) is 148 cm³/mol. The smallest absolute Gasteiger partial charge is 0.258 e. The van der Waals surface area contributed by atoms with Crippen LogP contribution in [0.25, 0.3) is 17.0 Å². The molecule has 2 aliphatic carbocycles. The number of piperidine rings is 1. The number of rotatable bonds is 11. The lowest BCUT2D eigenvalue weighted by Crippen LogP contribution is -2.42. The number of carbonyl (C=O) groups excluding carboxylic acids is 1. The number of benzene rings is 1. The highest BCUT2D eigenvalue weighted by Crippen LogP contribution is 2.40. The Balaban J connectivity index is 1.17. The van der Waals surface area contributed by atoms with Gasteiger partial charge in [-0.2, -0.15) is 9.97 Å². The zero-order chi connectivity index (χ0) is 26.9. The molecular weight excluding hydrogens is 492 g/mol. The summed E-state index contributed by atoms with van der Waals surface area (Å²) in [4.78, 5) is 27.2. The molecule has 204 valence electrons. The molecule has 3 heterocycles. The van der Waals surface area contributed by atoms with E-state index in [1.54, 1.807) is 0 Å². The predicted octanol–water partition coefficient (Wildman–Crippen LogP) is 5.60. The molecule has 9 nitrogen and oxygen atoms in total. The molecule has 1 aliphatic heterocycles. The standard InChI is InChI=1S/C30H36N6O3/c1-19(7-8-20(2)28-31-26(33-38-28)21-9-10-21)18-36(30(37)23-13-15-35(3)16-14-23)25-6-4-5-24(17-25)29-32-27(34-39-29)22-11-12-22/h4-6,17,21-23H,1-2,7-16,18H2,3H3. The summed E-state index contributed by atoms with van der Waals surface area (Å²) in [6.45, 7) is 10.8. The van der Waals surface area contributed by atoms with Crippen molar-refractivity contribution < 1.29 is 13.8 Å². The maximum atomic E-state index is 13.9. The van der Waals surface area contributed by atoms with Crippen molar-refractivity contribution in [2.75, 3.05) is 31.6 Å². The van der Waals surface area contributed by atoms with Crippen molar-refractivity contribution in [3.63, 3.8) is 0 Å². The van der Waals surface area contributed by atoms with Gasteiger partial charge in [-0.3, -0.25) is 4.79 Å². The molecule has 2 aromatic heterocycles. The van der Waals surface area contributed by atoms with Crippen LogP contribution in [0.1, 0.15) is 80.7 Å². The van der Waals surface area contributed by atoms with Crippen LogP contribution in [0, 0.1) is 5.92 Å². The Morgan fingerprint density at radius 2 is 1.67 bits per heavy atom. The maximum absolute atomic E-state index is 13.9. The van der Waals surface area contributed by atoms with Crippen LogP contribution in [0.15, 0.2) is 52.0 Å². The summed E-state index contributed by atoms with van der Waals surface area (Å²) < 4.78 is 11.0. The highest BCUT2D eigenvalue weighted by molar-refractivity contribution is 5.96. The lowest BCUT2D eigenvalue weighted by Gasteiger charge is -2.33. The summed E-state index contributed by atoms with van der Waals surface area (Å²) in [6, 6.07) is 7.84. The fraction of sp³-hybridized carbons (Fsp3) is 0.500. The van der Waals surface area contributed by atoms with Crippen molar-refractivity contribution in [1.29, 1.82) is 0 Å². The minimum Gasteiger partial charge on any atom is -0.334 e. The van der Waals surface area contributed by atoms with Gasteiger partial charge in [0.05, 0.1) is 0 Å². The Morgan fingerprint density at radius 1 is 0.974 bits per heavy atom. The number of anilines is 1. The number of nitrogens with zero attached hydrogens (tertiary/aromatic N) is 6. The van der Waals surface area contributed by atoms with Crippen molar-refractivity contribution in [2.24, 2.45) is 5.92 Å². The van der Waals surface area contributed by atoms with Crippen molar-refractivity contribution in [2.45, 2.75) is 63.2 Å². The molecule has 1 amide bonds. The second-order valence-electron chi connectivity index (χ2n) is 11.4. The van der Waals surface area contributed by atoms with Crippen LogP contribution < -0.4 is 4.90 Å². The Bertz CT molecular complexity index is 1360. The molecule has 0 N–H and O–H groups in total. The Hall–Kier alpha value is -3.59. The van der Waals surface area contributed by atoms with Crippen LogP contribution in [0.3, 0.4) is 0 Å². The second-order valence-corrected chi connectivity index (χ2v) is 11.4. The molecule has 0 radical (unpaired) electrons. The number of allylic oxidation sites excluding steroid dienone is 1.